The number of benzene rings is 1. The summed E-state index contributed by atoms with van der Waals surface area (Å²) in [5.41, 5.74) is -0.0679. The largest absolute Gasteiger partial charge is 0.358 e. The van der Waals surface area contributed by atoms with Crippen LogP contribution in [0.4, 0.5) is 5.82 Å². The number of likely N-dealkylation sites (N-methyl/N-ethyl adjacent to an activating group) is 1. The van der Waals surface area contributed by atoms with E-state index in [1.807, 2.05) is 0 Å². The SMILES string of the molecule is CCCCCCCS(=O)(=O)Cc1cc(NC(=O)C2C(=O)c3ccccc3S(=O)(=O)N2C)no1. The van der Waals surface area contributed by atoms with Crippen LogP contribution in [0.15, 0.2) is 39.8 Å². The number of aromatic nitrogens is 1. The highest BCUT2D eigenvalue weighted by Crippen LogP contribution is 2.29. The quantitative estimate of drug-likeness (QED) is 0.389. The number of ketones is 1. The van der Waals surface area contributed by atoms with Crippen LogP contribution in [0.5, 0.6) is 0 Å². The van der Waals surface area contributed by atoms with E-state index in [-0.39, 0.29) is 33.5 Å². The molecule has 0 radical (unpaired) electrons. The zero-order valence-corrected chi connectivity index (χ0v) is 20.1. The van der Waals surface area contributed by atoms with Gasteiger partial charge < -0.3 is 9.84 Å². The van der Waals surface area contributed by atoms with Gasteiger partial charge in [0.25, 0.3) is 5.91 Å². The number of nitrogens with one attached hydrogen (secondary N) is 1. The van der Waals surface area contributed by atoms with Gasteiger partial charge >= 0.3 is 0 Å². The van der Waals surface area contributed by atoms with E-state index in [2.05, 4.69) is 17.4 Å². The Hall–Kier alpha value is -2.57. The van der Waals surface area contributed by atoms with Crippen molar-refractivity contribution in [3.05, 3.63) is 41.7 Å². The van der Waals surface area contributed by atoms with E-state index in [0.717, 1.165) is 32.7 Å². The minimum atomic E-state index is -4.05. The molecule has 0 spiro atoms. The first-order valence-corrected chi connectivity index (χ1v) is 13.9. The lowest BCUT2D eigenvalue weighted by Crippen LogP contribution is -2.53. The highest BCUT2D eigenvalue weighted by atomic mass is 32.2. The summed E-state index contributed by atoms with van der Waals surface area (Å²) >= 11 is 0. The van der Waals surface area contributed by atoms with Crippen LogP contribution in [0.2, 0.25) is 0 Å². The maximum absolute atomic E-state index is 12.8. The normalized spacial score (nSPS) is 18.1. The monoisotopic (exact) mass is 497 g/mol. The van der Waals surface area contributed by atoms with Crippen LogP contribution in [0.25, 0.3) is 0 Å². The van der Waals surface area contributed by atoms with E-state index in [4.69, 9.17) is 4.52 Å². The molecule has 10 nitrogen and oxygen atoms in total. The first-order chi connectivity index (χ1) is 15.6. The fourth-order valence-corrected chi connectivity index (χ4v) is 6.47. The third-order valence-corrected chi connectivity index (χ3v) is 8.92. The predicted octanol–water partition coefficient (Wildman–Crippen LogP) is 2.38. The van der Waals surface area contributed by atoms with E-state index in [1.54, 1.807) is 0 Å². The number of carbonyl (C=O) groups is 2. The van der Waals surface area contributed by atoms with Gasteiger partial charge in [0.15, 0.2) is 33.2 Å². The molecule has 3 rings (SSSR count). The lowest BCUT2D eigenvalue weighted by Gasteiger charge is -2.30. The molecular weight excluding hydrogens is 470 g/mol. The van der Waals surface area contributed by atoms with Gasteiger partial charge in [-0.25, -0.2) is 16.8 Å². The number of hydrogen-bond acceptors (Lipinski definition) is 8. The molecular formula is C21H27N3O7S2. The smallest absolute Gasteiger partial charge is 0.252 e. The number of nitrogens with zero attached hydrogens (tertiary/aromatic N) is 2. The van der Waals surface area contributed by atoms with Crippen LogP contribution in [0.3, 0.4) is 0 Å². The second-order valence-corrected chi connectivity index (χ2v) is 12.1. The number of sulfone groups is 1. The third-order valence-electron chi connectivity index (χ3n) is 5.40. The molecule has 1 aromatic heterocycles. The second kappa shape index (κ2) is 10.1. The average molecular weight is 498 g/mol. The predicted molar refractivity (Wildman–Crippen MR) is 121 cm³/mol. The molecule has 2 heterocycles. The molecule has 1 aliphatic heterocycles. The van der Waals surface area contributed by atoms with Gasteiger partial charge in [-0.15, -0.1) is 0 Å². The number of anilines is 1. The van der Waals surface area contributed by atoms with Crippen molar-refractivity contribution in [2.24, 2.45) is 0 Å². The third kappa shape index (κ3) is 5.68. The van der Waals surface area contributed by atoms with Crippen LogP contribution in [-0.4, -0.2) is 56.8 Å². The molecule has 0 saturated heterocycles. The van der Waals surface area contributed by atoms with Crippen LogP contribution < -0.4 is 5.32 Å². The van der Waals surface area contributed by atoms with E-state index in [0.29, 0.717) is 10.7 Å². The topological polar surface area (TPSA) is 144 Å². The van der Waals surface area contributed by atoms with Gasteiger partial charge in [0.2, 0.25) is 10.0 Å². The van der Waals surface area contributed by atoms with Gasteiger partial charge in [-0.2, -0.15) is 4.31 Å². The lowest BCUT2D eigenvalue weighted by molar-refractivity contribution is -0.118. The minimum absolute atomic E-state index is 0.0255. The lowest BCUT2D eigenvalue weighted by atomic mass is 10.0. The Balaban J connectivity index is 1.67. The Morgan fingerprint density at radius 2 is 1.88 bits per heavy atom. The number of hydrogen-bond donors (Lipinski definition) is 1. The number of fused-ring (bicyclic) bond motifs is 1. The first kappa shape index (κ1) is 25.1. The van der Waals surface area contributed by atoms with Crippen LogP contribution in [0.1, 0.15) is 55.1 Å². The zero-order valence-electron chi connectivity index (χ0n) is 18.5. The molecule has 0 fully saturated rings. The number of unbranched alkanes of at least 4 members (excludes halogenated alkanes) is 4. The van der Waals surface area contributed by atoms with Crippen LogP contribution in [0, 0.1) is 0 Å². The highest BCUT2D eigenvalue weighted by Gasteiger charge is 2.45. The molecule has 1 N–H and O–H groups in total. The molecule has 180 valence electrons. The van der Waals surface area contributed by atoms with Crippen molar-refractivity contribution in [1.29, 1.82) is 0 Å². The zero-order chi connectivity index (χ0) is 24.2. The Morgan fingerprint density at radius 3 is 2.61 bits per heavy atom. The molecule has 0 saturated carbocycles. The summed E-state index contributed by atoms with van der Waals surface area (Å²) in [5.74, 6) is -1.99. The van der Waals surface area contributed by atoms with E-state index < -0.39 is 37.6 Å². The number of Topliss-reactive ketones (excluding diaryl/α,β-unsaturated/α-hetero) is 1. The number of sulfonamides is 1. The summed E-state index contributed by atoms with van der Waals surface area (Å²) in [4.78, 5) is 25.4. The average Bonchev–Trinajstić information content (AvgIpc) is 3.18. The van der Waals surface area contributed by atoms with E-state index in [9.17, 15) is 26.4 Å². The molecule has 0 aliphatic carbocycles. The van der Waals surface area contributed by atoms with Gasteiger partial charge in [-0.3, -0.25) is 9.59 Å². The van der Waals surface area contributed by atoms with Crippen molar-refractivity contribution in [2.75, 3.05) is 18.1 Å². The molecule has 33 heavy (non-hydrogen) atoms. The maximum atomic E-state index is 12.8. The van der Waals surface area contributed by atoms with Crippen molar-refractivity contribution in [3.8, 4) is 0 Å². The summed E-state index contributed by atoms with van der Waals surface area (Å²) < 4.78 is 55.7. The van der Waals surface area contributed by atoms with Crippen molar-refractivity contribution < 1.29 is 30.9 Å². The summed E-state index contributed by atoms with van der Waals surface area (Å²) in [6.07, 6.45) is 4.52. The fourth-order valence-electron chi connectivity index (χ4n) is 3.63. The van der Waals surface area contributed by atoms with Crippen LogP contribution in [-0.2, 0) is 30.4 Å². The summed E-state index contributed by atoms with van der Waals surface area (Å²) in [7, 11) is -6.31. The Labute approximate surface area is 193 Å². The van der Waals surface area contributed by atoms with Crippen molar-refractivity contribution in [3.63, 3.8) is 0 Å². The van der Waals surface area contributed by atoms with Gasteiger partial charge in [0.1, 0.15) is 5.75 Å². The number of rotatable bonds is 10. The summed E-state index contributed by atoms with van der Waals surface area (Å²) in [6.45, 7) is 2.08. The van der Waals surface area contributed by atoms with E-state index >= 15 is 0 Å². The van der Waals surface area contributed by atoms with Gasteiger partial charge in [0.05, 0.1) is 10.6 Å². The summed E-state index contributed by atoms with van der Waals surface area (Å²) in [5, 5.41) is 5.98. The fraction of sp³-hybridized carbons (Fsp3) is 0.476. The summed E-state index contributed by atoms with van der Waals surface area (Å²) in [6, 6.07) is 5.29. The molecule has 0 bridgehead atoms. The number of carbonyl (C=O) groups excluding carboxylic acids is 2. The Kier molecular flexibility index (Phi) is 7.70. The molecule has 1 unspecified atom stereocenters. The highest BCUT2D eigenvalue weighted by molar-refractivity contribution is 7.90. The maximum Gasteiger partial charge on any atom is 0.252 e. The first-order valence-electron chi connectivity index (χ1n) is 10.6. The van der Waals surface area contributed by atoms with Gasteiger partial charge in [-0.1, -0.05) is 49.9 Å². The molecule has 12 heteroatoms. The molecule has 1 amide bonds. The van der Waals surface area contributed by atoms with Crippen molar-refractivity contribution >= 4 is 37.4 Å². The molecule has 1 aromatic carbocycles. The molecule has 1 atom stereocenters. The molecule has 2 aromatic rings. The number of amides is 1. The minimum Gasteiger partial charge on any atom is -0.358 e. The Bertz CT molecular complexity index is 1240. The van der Waals surface area contributed by atoms with E-state index in [1.165, 1.54) is 30.3 Å². The van der Waals surface area contributed by atoms with Crippen molar-refractivity contribution in [2.45, 2.75) is 55.7 Å². The van der Waals surface area contributed by atoms with Crippen LogP contribution >= 0.6 is 0 Å². The van der Waals surface area contributed by atoms with Gasteiger partial charge in [0, 0.05) is 18.7 Å². The second-order valence-electron chi connectivity index (χ2n) is 7.96. The molecule has 1 aliphatic rings. The standard InChI is InChI=1S/C21H27N3O7S2/c1-3-4-5-6-9-12-32(27,28)14-15-13-18(23-31-15)22-21(26)19-20(25)16-10-7-8-11-17(16)33(29,30)24(19)2/h7-8,10-11,13,19H,3-6,9,12,14H2,1-2H3,(H,22,23,26). The Morgan fingerprint density at radius 1 is 1.18 bits per heavy atom. The van der Waals surface area contributed by atoms with Gasteiger partial charge in [-0.05, 0) is 18.6 Å². The van der Waals surface area contributed by atoms with Crippen molar-refractivity contribution in [1.82, 2.24) is 9.46 Å².